The van der Waals surface area contributed by atoms with Crippen LogP contribution in [0.5, 0.6) is 11.5 Å². The molecule has 0 saturated carbocycles. The van der Waals surface area contributed by atoms with Crippen molar-refractivity contribution in [2.24, 2.45) is 0 Å². The summed E-state index contributed by atoms with van der Waals surface area (Å²) in [6, 6.07) is 5.54. The van der Waals surface area contributed by atoms with E-state index in [1.54, 1.807) is 13.2 Å². The third kappa shape index (κ3) is 3.76. The van der Waals surface area contributed by atoms with Gasteiger partial charge in [-0.15, -0.1) is 0 Å². The fourth-order valence-electron chi connectivity index (χ4n) is 1.39. The second kappa shape index (κ2) is 6.93. The molecule has 0 aromatic heterocycles. The number of benzene rings is 1. The molecule has 0 aliphatic heterocycles. The maximum Gasteiger partial charge on any atom is 0.168 e. The molecule has 0 heterocycles. The zero-order valence-corrected chi connectivity index (χ0v) is 10.1. The highest BCUT2D eigenvalue weighted by molar-refractivity contribution is 5.62. The molecule has 17 heavy (non-hydrogen) atoms. The van der Waals surface area contributed by atoms with Gasteiger partial charge in [0.1, 0.15) is 12.7 Å². The van der Waals surface area contributed by atoms with E-state index >= 15 is 0 Å². The molecule has 0 aliphatic carbocycles. The molecule has 1 atom stereocenters. The van der Waals surface area contributed by atoms with Crippen molar-refractivity contribution in [2.45, 2.75) is 13.0 Å². The molecule has 0 aliphatic rings. The first-order chi connectivity index (χ1) is 8.22. The molecule has 4 heteroatoms. The van der Waals surface area contributed by atoms with E-state index in [0.717, 1.165) is 5.56 Å². The predicted molar refractivity (Wildman–Crippen MR) is 66.3 cm³/mol. The van der Waals surface area contributed by atoms with E-state index in [1.807, 2.05) is 31.2 Å². The third-order valence-electron chi connectivity index (χ3n) is 2.21. The van der Waals surface area contributed by atoms with Crippen molar-refractivity contribution in [2.75, 3.05) is 20.3 Å². The van der Waals surface area contributed by atoms with Gasteiger partial charge in [-0.25, -0.2) is 0 Å². The molecule has 0 saturated heterocycles. The van der Waals surface area contributed by atoms with Crippen molar-refractivity contribution in [1.82, 2.24) is 0 Å². The molecule has 0 spiro atoms. The van der Waals surface area contributed by atoms with E-state index in [2.05, 4.69) is 0 Å². The maximum absolute atomic E-state index is 9.27. The summed E-state index contributed by atoms with van der Waals surface area (Å²) in [6.45, 7) is 1.61. The summed E-state index contributed by atoms with van der Waals surface area (Å²) in [5.74, 6) is 1.17. The summed E-state index contributed by atoms with van der Waals surface area (Å²) < 4.78 is 10.7. The highest BCUT2D eigenvalue weighted by atomic mass is 16.5. The smallest absolute Gasteiger partial charge is 0.168 e. The number of methoxy groups -OCH3 is 1. The third-order valence-corrected chi connectivity index (χ3v) is 2.21. The Kier molecular flexibility index (Phi) is 5.52. The lowest BCUT2D eigenvalue weighted by Gasteiger charge is -2.15. The van der Waals surface area contributed by atoms with E-state index in [4.69, 9.17) is 14.6 Å². The molecule has 1 aromatic rings. The molecular weight excluding hydrogens is 220 g/mol. The predicted octanol–water partition coefficient (Wildman–Crippen LogP) is 1.46. The van der Waals surface area contributed by atoms with Crippen LogP contribution in [0.4, 0.5) is 0 Å². The Hall–Kier alpha value is -1.52. The van der Waals surface area contributed by atoms with Gasteiger partial charge in [0, 0.05) is 5.56 Å². The standard InChI is InChI=1S/C13H18O4/c1-3-5-10-6-4-7-12(16-2)13(10)17-9-11(15)8-14/h3-7,11,14-15H,8-9H2,1-2H3/b5-3+. The Bertz CT molecular complexity index is 374. The van der Waals surface area contributed by atoms with E-state index in [-0.39, 0.29) is 13.2 Å². The zero-order valence-electron chi connectivity index (χ0n) is 10.1. The number of hydrogen-bond donors (Lipinski definition) is 2. The number of aliphatic hydroxyl groups excluding tert-OH is 2. The molecule has 4 nitrogen and oxygen atoms in total. The van der Waals surface area contributed by atoms with Crippen LogP contribution in [0, 0.1) is 0 Å². The average Bonchev–Trinajstić information content (AvgIpc) is 2.36. The van der Waals surface area contributed by atoms with Gasteiger partial charge in [0.2, 0.25) is 0 Å². The molecule has 0 amide bonds. The summed E-state index contributed by atoms with van der Waals surface area (Å²) in [4.78, 5) is 0. The van der Waals surface area contributed by atoms with Gasteiger partial charge in [0.05, 0.1) is 13.7 Å². The topological polar surface area (TPSA) is 58.9 Å². The molecular formula is C13H18O4. The van der Waals surface area contributed by atoms with Crippen molar-refractivity contribution in [3.05, 3.63) is 29.8 Å². The number of hydrogen-bond acceptors (Lipinski definition) is 4. The van der Waals surface area contributed by atoms with Crippen LogP contribution in [-0.2, 0) is 0 Å². The summed E-state index contributed by atoms with van der Waals surface area (Å²) in [5.41, 5.74) is 0.872. The van der Waals surface area contributed by atoms with Crippen LogP contribution < -0.4 is 9.47 Å². The van der Waals surface area contributed by atoms with Crippen molar-refractivity contribution in [1.29, 1.82) is 0 Å². The normalized spacial score (nSPS) is 12.7. The Labute approximate surface area is 101 Å². The number of para-hydroxylation sites is 1. The van der Waals surface area contributed by atoms with Gasteiger partial charge in [-0.1, -0.05) is 24.3 Å². The highest BCUT2D eigenvalue weighted by Gasteiger charge is 2.10. The lowest BCUT2D eigenvalue weighted by Crippen LogP contribution is -2.21. The van der Waals surface area contributed by atoms with Gasteiger partial charge in [0.25, 0.3) is 0 Å². The van der Waals surface area contributed by atoms with E-state index in [9.17, 15) is 5.11 Å². The second-order valence-corrected chi connectivity index (χ2v) is 3.53. The number of ether oxygens (including phenoxy) is 2. The first kappa shape index (κ1) is 13.5. The molecule has 0 bridgehead atoms. The van der Waals surface area contributed by atoms with Crippen LogP contribution in [0.15, 0.2) is 24.3 Å². The number of allylic oxidation sites excluding steroid dienone is 1. The van der Waals surface area contributed by atoms with Crippen molar-refractivity contribution < 1.29 is 19.7 Å². The first-order valence-corrected chi connectivity index (χ1v) is 5.44. The quantitative estimate of drug-likeness (QED) is 0.787. The van der Waals surface area contributed by atoms with Crippen molar-refractivity contribution in [3.63, 3.8) is 0 Å². The van der Waals surface area contributed by atoms with Crippen molar-refractivity contribution >= 4 is 6.08 Å². The minimum absolute atomic E-state index is 0.0292. The van der Waals surface area contributed by atoms with E-state index in [0.29, 0.717) is 11.5 Å². The molecule has 0 fully saturated rings. The maximum atomic E-state index is 9.27. The van der Waals surface area contributed by atoms with Gasteiger partial charge >= 0.3 is 0 Å². The van der Waals surface area contributed by atoms with Crippen LogP contribution >= 0.6 is 0 Å². The minimum Gasteiger partial charge on any atom is -0.493 e. The van der Waals surface area contributed by atoms with Crippen LogP contribution in [0.1, 0.15) is 12.5 Å². The summed E-state index contributed by atoms with van der Waals surface area (Å²) in [7, 11) is 1.56. The Morgan fingerprint density at radius 1 is 1.41 bits per heavy atom. The number of aliphatic hydroxyl groups is 2. The minimum atomic E-state index is -0.890. The Balaban J connectivity index is 2.92. The fourth-order valence-corrected chi connectivity index (χ4v) is 1.39. The zero-order chi connectivity index (χ0) is 12.7. The monoisotopic (exact) mass is 238 g/mol. The molecule has 2 N–H and O–H groups in total. The fraction of sp³-hybridized carbons (Fsp3) is 0.385. The molecule has 0 radical (unpaired) electrons. The van der Waals surface area contributed by atoms with E-state index in [1.165, 1.54) is 0 Å². The van der Waals surface area contributed by atoms with Gasteiger partial charge in [-0.05, 0) is 13.0 Å². The van der Waals surface area contributed by atoms with Crippen LogP contribution in [0.25, 0.3) is 6.08 Å². The largest absolute Gasteiger partial charge is 0.493 e. The summed E-state index contributed by atoms with van der Waals surface area (Å²) in [5, 5.41) is 18.0. The van der Waals surface area contributed by atoms with Crippen LogP contribution in [0.2, 0.25) is 0 Å². The first-order valence-electron chi connectivity index (χ1n) is 5.44. The Morgan fingerprint density at radius 3 is 2.76 bits per heavy atom. The molecule has 1 rings (SSSR count). The van der Waals surface area contributed by atoms with Gasteiger partial charge < -0.3 is 19.7 Å². The van der Waals surface area contributed by atoms with Crippen LogP contribution in [0.3, 0.4) is 0 Å². The van der Waals surface area contributed by atoms with Gasteiger partial charge in [0.15, 0.2) is 11.5 Å². The Morgan fingerprint density at radius 2 is 2.18 bits per heavy atom. The van der Waals surface area contributed by atoms with E-state index < -0.39 is 6.10 Å². The number of rotatable bonds is 6. The molecule has 94 valence electrons. The summed E-state index contributed by atoms with van der Waals surface area (Å²) in [6.07, 6.45) is 2.89. The second-order valence-electron chi connectivity index (χ2n) is 3.53. The van der Waals surface area contributed by atoms with Crippen LogP contribution in [-0.4, -0.2) is 36.6 Å². The highest BCUT2D eigenvalue weighted by Crippen LogP contribution is 2.32. The van der Waals surface area contributed by atoms with Gasteiger partial charge in [-0.2, -0.15) is 0 Å². The lowest BCUT2D eigenvalue weighted by atomic mass is 10.1. The molecule has 1 unspecified atom stereocenters. The lowest BCUT2D eigenvalue weighted by molar-refractivity contribution is 0.0526. The SMILES string of the molecule is C/C=C/c1cccc(OC)c1OCC(O)CO. The van der Waals surface area contributed by atoms with Gasteiger partial charge in [-0.3, -0.25) is 0 Å². The van der Waals surface area contributed by atoms with Crippen molar-refractivity contribution in [3.8, 4) is 11.5 Å². The summed E-state index contributed by atoms with van der Waals surface area (Å²) >= 11 is 0. The molecule has 1 aromatic carbocycles. The average molecular weight is 238 g/mol.